The number of anilines is 1. The van der Waals surface area contributed by atoms with Crippen LogP contribution in [0.3, 0.4) is 0 Å². The summed E-state index contributed by atoms with van der Waals surface area (Å²) >= 11 is 7.42. The summed E-state index contributed by atoms with van der Waals surface area (Å²) in [5, 5.41) is 3.38. The molecule has 1 amide bonds. The third-order valence-electron chi connectivity index (χ3n) is 3.95. The van der Waals surface area contributed by atoms with Crippen LogP contribution in [-0.2, 0) is 23.5 Å². The highest BCUT2D eigenvalue weighted by Gasteiger charge is 2.12. The topological polar surface area (TPSA) is 64.1 Å². The summed E-state index contributed by atoms with van der Waals surface area (Å²) in [4.78, 5) is 21.9. The molecule has 0 radical (unpaired) electrons. The lowest BCUT2D eigenvalue weighted by atomic mass is 10.1. The summed E-state index contributed by atoms with van der Waals surface area (Å²) in [6.45, 7) is 3.96. The Morgan fingerprint density at radius 3 is 2.68 bits per heavy atom. The lowest BCUT2D eigenvalue weighted by Crippen LogP contribution is -2.17. The van der Waals surface area contributed by atoms with Crippen molar-refractivity contribution in [1.29, 1.82) is 0 Å². The molecule has 3 aromatic rings. The van der Waals surface area contributed by atoms with E-state index < -0.39 is 0 Å². The zero-order chi connectivity index (χ0) is 19.9. The van der Waals surface area contributed by atoms with Gasteiger partial charge in [-0.1, -0.05) is 30.3 Å². The number of aromatic nitrogens is 2. The molecule has 7 heteroatoms. The van der Waals surface area contributed by atoms with E-state index in [1.807, 2.05) is 38.1 Å². The van der Waals surface area contributed by atoms with Gasteiger partial charge in [0, 0.05) is 29.6 Å². The molecule has 3 rings (SSSR count). The van der Waals surface area contributed by atoms with E-state index in [4.69, 9.17) is 16.3 Å². The van der Waals surface area contributed by atoms with Crippen LogP contribution in [0.4, 0.5) is 5.13 Å². The number of hydrogen-bond acceptors (Lipinski definition) is 5. The van der Waals surface area contributed by atoms with Crippen LogP contribution in [-0.4, -0.2) is 22.0 Å². The van der Waals surface area contributed by atoms with Crippen molar-refractivity contribution in [3.8, 4) is 5.75 Å². The number of nitrogens with zero attached hydrogens (tertiary/aromatic N) is 2. The van der Waals surface area contributed by atoms with Crippen molar-refractivity contribution in [2.45, 2.75) is 38.7 Å². The molecule has 0 aliphatic rings. The molecule has 2 heterocycles. The Kier molecular flexibility index (Phi) is 7.01. The van der Waals surface area contributed by atoms with Crippen LogP contribution >= 0.6 is 22.9 Å². The average molecular weight is 416 g/mol. The van der Waals surface area contributed by atoms with E-state index in [1.54, 1.807) is 12.3 Å². The molecule has 0 fully saturated rings. The Morgan fingerprint density at radius 2 is 2.00 bits per heavy atom. The maximum Gasteiger partial charge on any atom is 0.232 e. The molecule has 28 heavy (non-hydrogen) atoms. The Morgan fingerprint density at radius 1 is 1.25 bits per heavy atom. The van der Waals surface area contributed by atoms with E-state index in [9.17, 15) is 4.79 Å². The summed E-state index contributed by atoms with van der Waals surface area (Å²) in [5.74, 6) is 0.753. The van der Waals surface area contributed by atoms with Crippen molar-refractivity contribution in [1.82, 2.24) is 9.97 Å². The van der Waals surface area contributed by atoms with Gasteiger partial charge in [0.15, 0.2) is 5.13 Å². The molecule has 0 aliphatic heterocycles. The first kappa shape index (κ1) is 20.3. The SMILES string of the molecule is Cc1cnc(NC(=O)Cc2cc(O[C@@H](C)Cc3ccccc3)cc(CCl)n2)s1. The minimum absolute atomic E-state index is 0.0204. The van der Waals surface area contributed by atoms with Gasteiger partial charge in [-0.2, -0.15) is 0 Å². The van der Waals surface area contributed by atoms with Crippen LogP contribution in [0.2, 0.25) is 0 Å². The second-order valence-electron chi connectivity index (χ2n) is 6.54. The predicted octanol–water partition coefficient (Wildman–Crippen LogP) is 4.78. The highest BCUT2D eigenvalue weighted by molar-refractivity contribution is 7.15. The fourth-order valence-electron chi connectivity index (χ4n) is 2.81. The molecule has 146 valence electrons. The molecule has 0 spiro atoms. The van der Waals surface area contributed by atoms with E-state index in [1.165, 1.54) is 16.9 Å². The predicted molar refractivity (Wildman–Crippen MR) is 113 cm³/mol. The minimum Gasteiger partial charge on any atom is -0.490 e. The van der Waals surface area contributed by atoms with Crippen molar-refractivity contribution in [2.24, 2.45) is 0 Å². The number of halogens is 1. The summed E-state index contributed by atoms with van der Waals surface area (Å²) in [6.07, 6.45) is 2.63. The third-order valence-corrected chi connectivity index (χ3v) is 5.06. The van der Waals surface area contributed by atoms with E-state index in [0.29, 0.717) is 22.3 Å². The fraction of sp³-hybridized carbons (Fsp3) is 0.286. The highest BCUT2D eigenvalue weighted by Crippen LogP contribution is 2.20. The molecule has 0 bridgehead atoms. The molecule has 1 atom stereocenters. The number of nitrogens with one attached hydrogen (secondary N) is 1. The average Bonchev–Trinajstić information content (AvgIpc) is 3.06. The zero-order valence-corrected chi connectivity index (χ0v) is 17.4. The number of ether oxygens (including phenoxy) is 1. The van der Waals surface area contributed by atoms with E-state index in [-0.39, 0.29) is 24.3 Å². The van der Waals surface area contributed by atoms with E-state index in [2.05, 4.69) is 27.4 Å². The van der Waals surface area contributed by atoms with Crippen molar-refractivity contribution in [3.05, 3.63) is 70.5 Å². The summed E-state index contributed by atoms with van der Waals surface area (Å²) < 4.78 is 6.06. The third kappa shape index (κ3) is 6.04. The Bertz CT molecular complexity index is 930. The van der Waals surface area contributed by atoms with Gasteiger partial charge in [-0.3, -0.25) is 9.78 Å². The largest absolute Gasteiger partial charge is 0.490 e. The summed E-state index contributed by atoms with van der Waals surface area (Å²) in [6, 6.07) is 13.8. The molecule has 0 saturated carbocycles. The van der Waals surface area contributed by atoms with Gasteiger partial charge in [0.25, 0.3) is 0 Å². The second kappa shape index (κ2) is 9.66. The molecule has 0 saturated heterocycles. The van der Waals surface area contributed by atoms with Crippen molar-refractivity contribution in [3.63, 3.8) is 0 Å². The van der Waals surface area contributed by atoms with Gasteiger partial charge in [-0.25, -0.2) is 4.98 Å². The number of hydrogen-bond donors (Lipinski definition) is 1. The number of pyridine rings is 1. The fourth-order valence-corrected chi connectivity index (χ4v) is 3.62. The van der Waals surface area contributed by atoms with Crippen molar-refractivity contribution in [2.75, 3.05) is 5.32 Å². The van der Waals surface area contributed by atoms with Gasteiger partial charge in [0.2, 0.25) is 5.91 Å². The van der Waals surface area contributed by atoms with Gasteiger partial charge < -0.3 is 10.1 Å². The van der Waals surface area contributed by atoms with E-state index in [0.717, 1.165) is 11.3 Å². The smallest absolute Gasteiger partial charge is 0.232 e. The molecule has 5 nitrogen and oxygen atoms in total. The van der Waals surface area contributed by atoms with Crippen molar-refractivity contribution >= 4 is 34.0 Å². The minimum atomic E-state index is -0.170. The van der Waals surface area contributed by atoms with Gasteiger partial charge in [-0.05, 0) is 19.4 Å². The number of aryl methyl sites for hydroxylation is 1. The lowest BCUT2D eigenvalue weighted by molar-refractivity contribution is -0.115. The van der Waals surface area contributed by atoms with Crippen LogP contribution < -0.4 is 10.1 Å². The van der Waals surface area contributed by atoms with Crippen molar-refractivity contribution < 1.29 is 9.53 Å². The quantitative estimate of drug-likeness (QED) is 0.538. The second-order valence-corrected chi connectivity index (χ2v) is 8.04. The number of benzene rings is 1. The Labute approximate surface area is 173 Å². The van der Waals surface area contributed by atoms with Crippen LogP contribution in [0, 0.1) is 6.92 Å². The number of carbonyl (C=O) groups is 1. The van der Waals surface area contributed by atoms with Crippen LogP contribution in [0.15, 0.2) is 48.7 Å². The molecular weight excluding hydrogens is 394 g/mol. The maximum atomic E-state index is 12.3. The number of rotatable bonds is 8. The van der Waals surface area contributed by atoms with Gasteiger partial charge in [0.1, 0.15) is 5.75 Å². The zero-order valence-electron chi connectivity index (χ0n) is 15.8. The normalized spacial score (nSPS) is 11.8. The number of amides is 1. The Hall–Kier alpha value is -2.44. The molecule has 1 aromatic carbocycles. The molecule has 0 aliphatic carbocycles. The molecule has 2 aromatic heterocycles. The van der Waals surface area contributed by atoms with Crippen LogP contribution in [0.5, 0.6) is 5.75 Å². The number of alkyl halides is 1. The first-order valence-electron chi connectivity index (χ1n) is 9.00. The molecular formula is C21H22ClN3O2S. The first-order valence-corrected chi connectivity index (χ1v) is 10.4. The van der Waals surface area contributed by atoms with Gasteiger partial charge in [0.05, 0.1) is 29.8 Å². The summed E-state index contributed by atoms with van der Waals surface area (Å²) in [7, 11) is 0. The van der Waals surface area contributed by atoms with E-state index >= 15 is 0 Å². The van der Waals surface area contributed by atoms with Gasteiger partial charge in [-0.15, -0.1) is 22.9 Å². The first-order chi connectivity index (χ1) is 13.5. The Balaban J connectivity index is 1.66. The number of carbonyl (C=O) groups excluding carboxylic acids is 1. The van der Waals surface area contributed by atoms with Gasteiger partial charge >= 0.3 is 0 Å². The molecule has 1 N–H and O–H groups in total. The maximum absolute atomic E-state index is 12.3. The van der Waals surface area contributed by atoms with Crippen LogP contribution in [0.1, 0.15) is 28.8 Å². The monoisotopic (exact) mass is 415 g/mol. The standard InChI is InChI=1S/C21H22ClN3O2S/c1-14(8-16-6-4-3-5-7-16)27-19-9-17(24-18(10-19)12-22)11-20(26)25-21-23-13-15(2)28-21/h3-7,9-10,13-14H,8,11-12H2,1-2H3,(H,23,25,26)/t14-/m0/s1. The van der Waals surface area contributed by atoms with Crippen LogP contribution in [0.25, 0.3) is 0 Å². The highest BCUT2D eigenvalue weighted by atomic mass is 35.5. The molecule has 0 unspecified atom stereocenters. The number of thiazole rings is 1. The summed E-state index contributed by atoms with van der Waals surface area (Å²) in [5.41, 5.74) is 2.50. The lowest BCUT2D eigenvalue weighted by Gasteiger charge is -2.16.